The van der Waals surface area contributed by atoms with Gasteiger partial charge in [0.15, 0.2) is 17.4 Å². The normalized spacial score (nSPS) is 18.5. The third-order valence-electron chi connectivity index (χ3n) is 6.53. The molecule has 0 spiro atoms. The average Bonchev–Trinajstić information content (AvgIpc) is 3.13. The number of likely N-dealkylation sites (tertiary alicyclic amines) is 1. The molecule has 0 bridgehead atoms. The van der Waals surface area contributed by atoms with E-state index in [1.807, 2.05) is 12.1 Å². The summed E-state index contributed by atoms with van der Waals surface area (Å²) in [4.78, 5) is 26.8. The molecule has 0 unspecified atom stereocenters. The van der Waals surface area contributed by atoms with Crippen molar-refractivity contribution in [3.63, 3.8) is 0 Å². The van der Waals surface area contributed by atoms with E-state index in [9.17, 15) is 22.8 Å². The van der Waals surface area contributed by atoms with Gasteiger partial charge in [0.2, 0.25) is 5.91 Å². The lowest BCUT2D eigenvalue weighted by Gasteiger charge is -2.32. The predicted molar refractivity (Wildman–Crippen MR) is 127 cm³/mol. The van der Waals surface area contributed by atoms with E-state index in [0.29, 0.717) is 42.6 Å². The van der Waals surface area contributed by atoms with Gasteiger partial charge in [0.1, 0.15) is 5.75 Å². The van der Waals surface area contributed by atoms with Crippen LogP contribution < -0.4 is 15.0 Å². The Balaban J connectivity index is 1.28. The van der Waals surface area contributed by atoms with Crippen LogP contribution in [0.1, 0.15) is 24.8 Å². The van der Waals surface area contributed by atoms with Gasteiger partial charge in [-0.1, -0.05) is 12.1 Å². The fraction of sp³-hybridized carbons (Fsp3) is 0.400. The molecule has 1 N–H and O–H groups in total. The van der Waals surface area contributed by atoms with Crippen molar-refractivity contribution in [1.29, 1.82) is 0 Å². The maximum atomic E-state index is 15.0. The van der Waals surface area contributed by atoms with Crippen molar-refractivity contribution >= 4 is 28.7 Å². The molecule has 1 aromatic heterocycles. The molecule has 2 aromatic carbocycles. The number of aryl methyl sites for hydroxylation is 1. The zero-order chi connectivity index (χ0) is 25.4. The van der Waals surface area contributed by atoms with Crippen LogP contribution in [-0.4, -0.2) is 58.7 Å². The van der Waals surface area contributed by atoms with Crippen molar-refractivity contribution in [3.8, 4) is 11.5 Å². The summed E-state index contributed by atoms with van der Waals surface area (Å²) in [5, 5.41) is 7.02. The van der Waals surface area contributed by atoms with Crippen LogP contribution in [0.5, 0.6) is 11.5 Å². The van der Waals surface area contributed by atoms with Crippen LogP contribution in [0, 0.1) is 5.82 Å². The first-order chi connectivity index (χ1) is 17.2. The molecule has 0 radical (unpaired) electrons. The van der Waals surface area contributed by atoms with Gasteiger partial charge >= 0.3 is 6.03 Å². The summed E-state index contributed by atoms with van der Waals surface area (Å²) < 4.78 is 49.5. The van der Waals surface area contributed by atoms with Crippen molar-refractivity contribution in [2.45, 2.75) is 31.6 Å². The third kappa shape index (κ3) is 5.01. The topological polar surface area (TPSA) is 79.7 Å². The van der Waals surface area contributed by atoms with E-state index >= 15 is 0 Å². The summed E-state index contributed by atoms with van der Waals surface area (Å²) in [5.41, 5.74) is 1.53. The number of imide groups is 1. The van der Waals surface area contributed by atoms with E-state index < -0.39 is 17.8 Å². The van der Waals surface area contributed by atoms with Crippen molar-refractivity contribution in [2.24, 2.45) is 7.05 Å². The highest BCUT2D eigenvalue weighted by Crippen LogP contribution is 2.34. The second-order valence-electron chi connectivity index (χ2n) is 9.23. The van der Waals surface area contributed by atoms with E-state index in [1.54, 1.807) is 24.1 Å². The minimum atomic E-state index is -2.62. The zero-order valence-corrected chi connectivity index (χ0v) is 19.8. The number of anilines is 1. The molecule has 11 heteroatoms. The minimum Gasteiger partial charge on any atom is -0.454 e. The Hall–Kier alpha value is -3.60. The Bertz CT molecular complexity index is 1310. The van der Waals surface area contributed by atoms with Crippen LogP contribution in [-0.2, 0) is 18.3 Å². The molecule has 2 fully saturated rings. The zero-order valence-electron chi connectivity index (χ0n) is 19.8. The first-order valence-electron chi connectivity index (χ1n) is 11.8. The van der Waals surface area contributed by atoms with Crippen molar-refractivity contribution in [2.75, 3.05) is 31.1 Å². The summed E-state index contributed by atoms with van der Waals surface area (Å²) in [6, 6.07) is 9.29. The van der Waals surface area contributed by atoms with Gasteiger partial charge in [-0.25, -0.2) is 18.0 Å². The molecule has 190 valence electrons. The highest BCUT2D eigenvalue weighted by atomic mass is 19.3. The maximum absolute atomic E-state index is 15.0. The van der Waals surface area contributed by atoms with Gasteiger partial charge in [0.05, 0.1) is 12.1 Å². The number of halogens is 3. The van der Waals surface area contributed by atoms with E-state index in [0.717, 1.165) is 5.56 Å². The Morgan fingerprint density at radius 1 is 1.14 bits per heavy atom. The molecule has 5 rings (SSSR count). The predicted octanol–water partition coefficient (Wildman–Crippen LogP) is 4.22. The molecule has 3 amide bonds. The van der Waals surface area contributed by atoms with Crippen LogP contribution in [0.2, 0.25) is 0 Å². The molecule has 3 aromatic rings. The Labute approximate surface area is 205 Å². The number of carbonyl (C=O) groups is 2. The fourth-order valence-electron chi connectivity index (χ4n) is 4.66. The monoisotopic (exact) mass is 501 g/mol. The molecule has 2 aliphatic rings. The van der Waals surface area contributed by atoms with Gasteiger partial charge in [-0.3, -0.25) is 24.6 Å². The lowest BCUT2D eigenvalue weighted by Crippen LogP contribution is -2.49. The third-order valence-corrected chi connectivity index (χ3v) is 6.53. The molecule has 2 aliphatic heterocycles. The summed E-state index contributed by atoms with van der Waals surface area (Å²) in [6.07, 6.45) is 1.21. The number of benzene rings is 2. The van der Waals surface area contributed by atoms with E-state index in [-0.39, 0.29) is 43.4 Å². The van der Waals surface area contributed by atoms with Crippen molar-refractivity contribution < 1.29 is 27.5 Å². The van der Waals surface area contributed by atoms with E-state index in [2.05, 4.69) is 10.4 Å². The molecule has 2 saturated heterocycles. The lowest BCUT2D eigenvalue weighted by molar-refractivity contribution is -0.120. The lowest BCUT2D eigenvalue weighted by atomic mass is 10.1. The standard InChI is InChI=1S/C25H26F3N5O3/c1-31-20-14-21(19(26)13-18(20)23(30-31)33-12-8-22(34)29-24(33)35)36-17-5-3-16(4-6-17)7-11-32-10-2-9-25(27,28)15-32/h3-6,13-14H,2,7-12,15H2,1H3,(H,29,34,35). The Morgan fingerprint density at radius 2 is 1.92 bits per heavy atom. The first-order valence-corrected chi connectivity index (χ1v) is 11.8. The number of ether oxygens (including phenoxy) is 1. The number of hydrogen-bond acceptors (Lipinski definition) is 5. The minimum absolute atomic E-state index is 0.00128. The van der Waals surface area contributed by atoms with Gasteiger partial charge < -0.3 is 4.74 Å². The summed E-state index contributed by atoms with van der Waals surface area (Å²) >= 11 is 0. The SMILES string of the molecule is Cn1nc(N2CCC(=O)NC2=O)c2cc(F)c(Oc3ccc(CCN4CCCC(F)(F)C4)cc3)cc21. The highest BCUT2D eigenvalue weighted by Gasteiger charge is 2.34. The maximum Gasteiger partial charge on any atom is 0.329 e. The molecule has 0 aliphatic carbocycles. The molecule has 8 nitrogen and oxygen atoms in total. The summed E-state index contributed by atoms with van der Waals surface area (Å²) in [5.74, 6) is -2.91. The van der Waals surface area contributed by atoms with Crippen LogP contribution in [0.25, 0.3) is 10.9 Å². The number of urea groups is 1. The number of piperidine rings is 1. The second kappa shape index (κ2) is 9.45. The molecule has 0 saturated carbocycles. The number of aromatic nitrogens is 2. The van der Waals surface area contributed by atoms with Crippen LogP contribution in [0.3, 0.4) is 0 Å². The number of hydrogen-bond donors (Lipinski definition) is 1. The van der Waals surface area contributed by atoms with Crippen LogP contribution in [0.4, 0.5) is 23.8 Å². The number of fused-ring (bicyclic) bond motifs is 1. The van der Waals surface area contributed by atoms with Crippen molar-refractivity contribution in [3.05, 3.63) is 47.8 Å². The van der Waals surface area contributed by atoms with E-state index in [4.69, 9.17) is 4.74 Å². The van der Waals surface area contributed by atoms with Gasteiger partial charge in [-0.05, 0) is 43.1 Å². The van der Waals surface area contributed by atoms with Gasteiger partial charge in [0.25, 0.3) is 5.92 Å². The molecule has 0 atom stereocenters. The number of alkyl halides is 2. The second-order valence-corrected chi connectivity index (χ2v) is 9.23. The van der Waals surface area contributed by atoms with Gasteiger partial charge in [-0.15, -0.1) is 0 Å². The van der Waals surface area contributed by atoms with Gasteiger partial charge in [-0.2, -0.15) is 5.10 Å². The Morgan fingerprint density at radius 3 is 2.64 bits per heavy atom. The number of nitrogens with one attached hydrogen (secondary N) is 1. The quantitative estimate of drug-likeness (QED) is 0.547. The van der Waals surface area contributed by atoms with E-state index in [1.165, 1.54) is 21.7 Å². The van der Waals surface area contributed by atoms with Crippen LogP contribution >= 0.6 is 0 Å². The smallest absolute Gasteiger partial charge is 0.329 e. The largest absolute Gasteiger partial charge is 0.454 e. The Kier molecular flexibility index (Phi) is 6.33. The molecular weight excluding hydrogens is 475 g/mol. The fourth-order valence-corrected chi connectivity index (χ4v) is 4.66. The number of amides is 3. The summed E-state index contributed by atoms with van der Waals surface area (Å²) in [6.45, 7) is 1.18. The molecule has 36 heavy (non-hydrogen) atoms. The number of carbonyl (C=O) groups excluding carboxylic acids is 2. The number of nitrogens with zero attached hydrogens (tertiary/aromatic N) is 4. The van der Waals surface area contributed by atoms with Crippen molar-refractivity contribution in [1.82, 2.24) is 20.0 Å². The summed E-state index contributed by atoms with van der Waals surface area (Å²) in [7, 11) is 1.67. The van der Waals surface area contributed by atoms with Gasteiger partial charge in [0, 0.05) is 44.4 Å². The highest BCUT2D eigenvalue weighted by molar-refractivity contribution is 6.08. The molecule has 3 heterocycles. The molecular formula is C25H26F3N5O3. The average molecular weight is 502 g/mol. The first kappa shape index (κ1) is 24.1. The number of rotatable bonds is 6. The van der Waals surface area contributed by atoms with Crippen LogP contribution in [0.15, 0.2) is 36.4 Å².